The summed E-state index contributed by atoms with van der Waals surface area (Å²) in [7, 11) is 0. The number of benzene rings is 1. The maximum atomic E-state index is 13.4. The maximum Gasteiger partial charge on any atom is 0.408 e. The van der Waals surface area contributed by atoms with E-state index in [9.17, 15) is 14.4 Å². The van der Waals surface area contributed by atoms with Crippen molar-refractivity contribution in [1.29, 1.82) is 0 Å². The second kappa shape index (κ2) is 9.94. The van der Waals surface area contributed by atoms with Gasteiger partial charge in [-0.25, -0.2) is 4.79 Å². The second-order valence-corrected chi connectivity index (χ2v) is 10.2. The van der Waals surface area contributed by atoms with Gasteiger partial charge in [0.15, 0.2) is 0 Å². The van der Waals surface area contributed by atoms with Crippen molar-refractivity contribution in [2.75, 3.05) is 23.8 Å². The molecule has 184 valence electrons. The molecule has 8 heteroatoms. The first-order valence-electron chi connectivity index (χ1n) is 12.9. The van der Waals surface area contributed by atoms with Gasteiger partial charge in [-0.1, -0.05) is 25.3 Å². The van der Waals surface area contributed by atoms with E-state index in [2.05, 4.69) is 16.0 Å². The summed E-state index contributed by atoms with van der Waals surface area (Å²) < 4.78 is 11.1. The topological polar surface area (TPSA) is 106 Å². The Morgan fingerprint density at radius 3 is 2.47 bits per heavy atom. The summed E-state index contributed by atoms with van der Waals surface area (Å²) in [5, 5.41) is 8.87. The standard InChI is InChI=1S/C26H35N3O5/c30-23(22(17-6-2-1-3-7-17)29-25(32)34-19-8-4-5-9-19)27-18-10-11-20-21(16-18)28-24(31)26(20)12-14-33-15-13-26/h10-11,16-17,19,22H,1-9,12-15H2,(H,27,30)(H,28,31)(H,29,32)/t22-/m0/s1. The number of nitrogens with one attached hydrogen (secondary N) is 3. The van der Waals surface area contributed by atoms with Crippen LogP contribution in [0.15, 0.2) is 18.2 Å². The highest BCUT2D eigenvalue weighted by Gasteiger charge is 2.47. The average molecular weight is 470 g/mol. The van der Waals surface area contributed by atoms with Crippen molar-refractivity contribution in [1.82, 2.24) is 5.32 Å². The molecule has 3 amide bonds. The van der Waals surface area contributed by atoms with E-state index in [0.717, 1.165) is 69.0 Å². The Labute approximate surface area is 200 Å². The zero-order valence-corrected chi connectivity index (χ0v) is 19.7. The van der Waals surface area contributed by atoms with Gasteiger partial charge in [0.1, 0.15) is 12.1 Å². The van der Waals surface area contributed by atoms with Crippen LogP contribution < -0.4 is 16.0 Å². The van der Waals surface area contributed by atoms with Crippen LogP contribution in [0, 0.1) is 5.92 Å². The Morgan fingerprint density at radius 2 is 1.74 bits per heavy atom. The third-order valence-electron chi connectivity index (χ3n) is 8.08. The molecule has 34 heavy (non-hydrogen) atoms. The summed E-state index contributed by atoms with van der Waals surface area (Å²) in [5.74, 6) is -0.143. The first-order valence-corrected chi connectivity index (χ1v) is 12.9. The molecule has 1 spiro atoms. The molecule has 3 fully saturated rings. The second-order valence-electron chi connectivity index (χ2n) is 10.2. The van der Waals surface area contributed by atoms with Crippen LogP contribution in [0.25, 0.3) is 0 Å². The fourth-order valence-corrected chi connectivity index (χ4v) is 6.13. The number of hydrogen-bond donors (Lipinski definition) is 3. The molecule has 8 nitrogen and oxygen atoms in total. The van der Waals surface area contributed by atoms with Crippen LogP contribution in [-0.4, -0.2) is 43.3 Å². The molecule has 0 radical (unpaired) electrons. The lowest BCUT2D eigenvalue weighted by atomic mass is 9.75. The fourth-order valence-electron chi connectivity index (χ4n) is 6.13. The summed E-state index contributed by atoms with van der Waals surface area (Å²) >= 11 is 0. The van der Waals surface area contributed by atoms with E-state index < -0.39 is 17.6 Å². The Hall–Kier alpha value is -2.61. The largest absolute Gasteiger partial charge is 0.446 e. The number of amides is 3. The maximum absolute atomic E-state index is 13.4. The van der Waals surface area contributed by atoms with Crippen molar-refractivity contribution in [3.63, 3.8) is 0 Å². The van der Waals surface area contributed by atoms with E-state index in [0.29, 0.717) is 31.7 Å². The normalized spacial score (nSPS) is 23.2. The number of carbonyl (C=O) groups excluding carboxylic acids is 3. The molecule has 4 aliphatic rings. The lowest BCUT2D eigenvalue weighted by Crippen LogP contribution is -2.49. The average Bonchev–Trinajstić information content (AvgIpc) is 3.45. The van der Waals surface area contributed by atoms with Crippen molar-refractivity contribution in [2.45, 2.75) is 88.2 Å². The van der Waals surface area contributed by atoms with Crippen LogP contribution in [0.3, 0.4) is 0 Å². The number of fused-ring (bicyclic) bond motifs is 2. The Balaban J connectivity index is 1.29. The van der Waals surface area contributed by atoms with E-state index in [1.54, 1.807) is 0 Å². The molecule has 2 heterocycles. The van der Waals surface area contributed by atoms with Crippen molar-refractivity contribution in [3.8, 4) is 0 Å². The SMILES string of the molecule is O=C(N[C@H](C(=O)Nc1ccc2c(c1)NC(=O)C21CCOCC1)C1CCCCC1)OC1CCCC1. The van der Waals surface area contributed by atoms with Crippen molar-refractivity contribution in [3.05, 3.63) is 23.8 Å². The number of ether oxygens (including phenoxy) is 2. The third-order valence-corrected chi connectivity index (χ3v) is 8.08. The van der Waals surface area contributed by atoms with E-state index in [1.165, 1.54) is 0 Å². The highest BCUT2D eigenvalue weighted by Crippen LogP contribution is 2.45. The van der Waals surface area contributed by atoms with Crippen LogP contribution >= 0.6 is 0 Å². The molecule has 2 aliphatic carbocycles. The van der Waals surface area contributed by atoms with Crippen LogP contribution in [0.4, 0.5) is 16.2 Å². The van der Waals surface area contributed by atoms with Gasteiger partial charge >= 0.3 is 6.09 Å². The molecule has 2 saturated carbocycles. The van der Waals surface area contributed by atoms with E-state index in [4.69, 9.17) is 9.47 Å². The Morgan fingerprint density at radius 1 is 1.03 bits per heavy atom. The summed E-state index contributed by atoms with van der Waals surface area (Å²) in [4.78, 5) is 38.8. The lowest BCUT2D eigenvalue weighted by molar-refractivity contribution is -0.124. The molecule has 3 N–H and O–H groups in total. The summed E-state index contributed by atoms with van der Waals surface area (Å²) in [6.45, 7) is 1.13. The minimum atomic E-state index is -0.640. The van der Waals surface area contributed by atoms with Crippen LogP contribution in [0.2, 0.25) is 0 Å². The molecule has 5 rings (SSSR count). The molecule has 1 aromatic rings. The van der Waals surface area contributed by atoms with Gasteiger partial charge in [-0.2, -0.15) is 0 Å². The van der Waals surface area contributed by atoms with Crippen molar-refractivity contribution >= 4 is 29.3 Å². The van der Waals surface area contributed by atoms with Gasteiger partial charge in [0.2, 0.25) is 11.8 Å². The molecule has 0 bridgehead atoms. The summed E-state index contributed by atoms with van der Waals surface area (Å²) in [6, 6.07) is 4.97. The van der Waals surface area contributed by atoms with Gasteiger partial charge in [-0.3, -0.25) is 9.59 Å². The zero-order valence-electron chi connectivity index (χ0n) is 19.7. The van der Waals surface area contributed by atoms with Gasteiger partial charge < -0.3 is 25.4 Å². The molecular weight excluding hydrogens is 434 g/mol. The molecule has 2 aliphatic heterocycles. The van der Waals surface area contributed by atoms with Gasteiger partial charge in [0, 0.05) is 24.6 Å². The minimum Gasteiger partial charge on any atom is -0.446 e. The summed E-state index contributed by atoms with van der Waals surface area (Å²) in [6.07, 6.45) is 9.81. The number of hydrogen-bond acceptors (Lipinski definition) is 5. The lowest BCUT2D eigenvalue weighted by Gasteiger charge is -2.31. The third kappa shape index (κ3) is 4.65. The molecule has 1 atom stereocenters. The summed E-state index contributed by atoms with van der Waals surface area (Å²) in [5.41, 5.74) is 1.79. The minimum absolute atomic E-state index is 0.00526. The van der Waals surface area contributed by atoms with Crippen LogP contribution in [-0.2, 0) is 24.5 Å². The first-order chi connectivity index (χ1) is 16.5. The van der Waals surface area contributed by atoms with Gasteiger partial charge in [-0.15, -0.1) is 0 Å². The van der Waals surface area contributed by atoms with Crippen molar-refractivity contribution < 1.29 is 23.9 Å². The monoisotopic (exact) mass is 469 g/mol. The Bertz CT molecular complexity index is 930. The fraction of sp³-hybridized carbons (Fsp3) is 0.654. The predicted octanol–water partition coefficient (Wildman–Crippen LogP) is 4.24. The van der Waals surface area contributed by atoms with E-state index in [-0.39, 0.29) is 23.8 Å². The van der Waals surface area contributed by atoms with Crippen molar-refractivity contribution in [2.24, 2.45) is 5.92 Å². The van der Waals surface area contributed by atoms with Crippen LogP contribution in [0.1, 0.15) is 76.2 Å². The molecule has 0 aromatic heterocycles. The first kappa shape index (κ1) is 23.1. The van der Waals surface area contributed by atoms with E-state index >= 15 is 0 Å². The zero-order chi connectivity index (χ0) is 23.5. The Kier molecular flexibility index (Phi) is 6.77. The predicted molar refractivity (Wildman–Crippen MR) is 128 cm³/mol. The number of rotatable bonds is 5. The van der Waals surface area contributed by atoms with Crippen LogP contribution in [0.5, 0.6) is 0 Å². The van der Waals surface area contributed by atoms with Gasteiger partial charge in [0.05, 0.1) is 5.41 Å². The molecule has 1 aromatic carbocycles. The number of carbonyl (C=O) groups is 3. The quantitative estimate of drug-likeness (QED) is 0.598. The number of anilines is 2. The van der Waals surface area contributed by atoms with Gasteiger partial charge in [-0.05, 0) is 75.0 Å². The smallest absolute Gasteiger partial charge is 0.408 e. The molecule has 0 unspecified atom stereocenters. The van der Waals surface area contributed by atoms with Gasteiger partial charge in [0.25, 0.3) is 0 Å². The highest BCUT2D eigenvalue weighted by molar-refractivity contribution is 6.07. The molecule has 1 saturated heterocycles. The number of alkyl carbamates (subject to hydrolysis) is 1. The molecular formula is C26H35N3O5. The van der Waals surface area contributed by atoms with E-state index in [1.807, 2.05) is 18.2 Å². The highest BCUT2D eigenvalue weighted by atomic mass is 16.6.